The van der Waals surface area contributed by atoms with Crippen LogP contribution in [0.3, 0.4) is 0 Å². The van der Waals surface area contributed by atoms with Gasteiger partial charge in [-0.3, -0.25) is 4.90 Å². The lowest BCUT2D eigenvalue weighted by Gasteiger charge is -2.43. The van der Waals surface area contributed by atoms with Crippen molar-refractivity contribution in [3.8, 4) is 5.69 Å². The smallest absolute Gasteiger partial charge is 0.246 e. The van der Waals surface area contributed by atoms with Crippen molar-refractivity contribution in [3.63, 3.8) is 0 Å². The summed E-state index contributed by atoms with van der Waals surface area (Å²) >= 11 is 0. The summed E-state index contributed by atoms with van der Waals surface area (Å²) in [4.78, 5) is 9.20. The second kappa shape index (κ2) is 8.94. The van der Waals surface area contributed by atoms with Gasteiger partial charge >= 0.3 is 0 Å². The third-order valence-corrected chi connectivity index (χ3v) is 6.73. The average Bonchev–Trinajstić information content (AvgIpc) is 3.19. The van der Waals surface area contributed by atoms with Crippen LogP contribution in [-0.4, -0.2) is 78.3 Å². The second-order valence-corrected chi connectivity index (χ2v) is 9.03. The molecule has 3 aliphatic rings. The molecule has 0 bridgehead atoms. The average molecular weight is 469 g/mol. The maximum absolute atomic E-state index is 13.6. The van der Waals surface area contributed by atoms with E-state index in [1.165, 1.54) is 28.7 Å². The highest BCUT2D eigenvalue weighted by Gasteiger charge is 2.29. The zero-order valence-electron chi connectivity index (χ0n) is 18.7. The van der Waals surface area contributed by atoms with Crippen molar-refractivity contribution in [2.24, 2.45) is 0 Å². The van der Waals surface area contributed by atoms with Crippen LogP contribution in [0.4, 0.5) is 26.1 Å². The van der Waals surface area contributed by atoms with Gasteiger partial charge in [-0.2, -0.15) is 4.98 Å². The lowest BCUT2D eigenvalue weighted by Crippen LogP contribution is -2.56. The van der Waals surface area contributed by atoms with Crippen molar-refractivity contribution in [1.82, 2.24) is 19.7 Å². The van der Waals surface area contributed by atoms with Crippen LogP contribution in [-0.2, 0) is 9.47 Å². The monoisotopic (exact) mass is 468 g/mol. The number of nitrogens with zero attached hydrogens (tertiary/aromatic N) is 5. The highest BCUT2D eigenvalue weighted by molar-refractivity contribution is 5.65. The number of rotatable bonds is 6. The minimum atomic E-state index is -0.662. The standard InChI is InChI=1S/C24H26F2N6O2/c25-18-7-19(26)9-22(8-18)32-15-27-24(29-32)28-20-5-16(17-11-33-12-17)6-21(10-20)30-1-3-31(4-2-30)23-13-34-14-23/h5-10,15,17,23H,1-4,11-14H2,(H,28,29). The van der Waals surface area contributed by atoms with Crippen molar-refractivity contribution < 1.29 is 18.3 Å². The molecule has 0 unspecified atom stereocenters. The molecule has 0 amide bonds. The predicted molar refractivity (Wildman–Crippen MR) is 123 cm³/mol. The summed E-state index contributed by atoms with van der Waals surface area (Å²) in [6, 6.07) is 10.3. The summed E-state index contributed by atoms with van der Waals surface area (Å²) in [6.07, 6.45) is 1.43. The Morgan fingerprint density at radius 2 is 1.56 bits per heavy atom. The molecule has 10 heteroatoms. The Morgan fingerprint density at radius 3 is 2.21 bits per heavy atom. The normalized spacial score (nSPS) is 19.6. The van der Waals surface area contributed by atoms with Crippen molar-refractivity contribution in [2.75, 3.05) is 62.8 Å². The summed E-state index contributed by atoms with van der Waals surface area (Å²) < 4.78 is 39.3. The van der Waals surface area contributed by atoms with E-state index in [2.05, 4.69) is 43.4 Å². The third-order valence-electron chi connectivity index (χ3n) is 6.73. The van der Waals surface area contributed by atoms with Crippen molar-refractivity contribution >= 4 is 17.3 Å². The molecule has 0 atom stereocenters. The van der Waals surface area contributed by atoms with E-state index >= 15 is 0 Å². The van der Waals surface area contributed by atoms with Crippen LogP contribution in [0.1, 0.15) is 11.5 Å². The number of ether oxygens (including phenoxy) is 2. The van der Waals surface area contributed by atoms with Gasteiger partial charge < -0.3 is 19.7 Å². The van der Waals surface area contributed by atoms with Crippen LogP contribution >= 0.6 is 0 Å². The fourth-order valence-corrected chi connectivity index (χ4v) is 4.58. The van der Waals surface area contributed by atoms with Crippen molar-refractivity contribution in [3.05, 3.63) is 59.9 Å². The quantitative estimate of drug-likeness (QED) is 0.597. The number of halogens is 2. The summed E-state index contributed by atoms with van der Waals surface area (Å²) in [5.41, 5.74) is 3.52. The molecular weight excluding hydrogens is 442 g/mol. The molecule has 0 spiro atoms. The Labute approximate surface area is 196 Å². The van der Waals surface area contributed by atoms with Gasteiger partial charge in [0, 0.05) is 49.5 Å². The summed E-state index contributed by atoms with van der Waals surface area (Å²) in [7, 11) is 0. The van der Waals surface area contributed by atoms with E-state index in [0.29, 0.717) is 17.9 Å². The second-order valence-electron chi connectivity index (χ2n) is 9.03. The fraction of sp³-hybridized carbons (Fsp3) is 0.417. The number of benzene rings is 2. The zero-order valence-corrected chi connectivity index (χ0v) is 18.7. The maximum Gasteiger partial charge on any atom is 0.246 e. The molecule has 4 heterocycles. The topological polar surface area (TPSA) is 67.7 Å². The molecule has 1 aromatic heterocycles. The van der Waals surface area contributed by atoms with Gasteiger partial charge in [-0.15, -0.1) is 5.10 Å². The van der Waals surface area contributed by atoms with Gasteiger partial charge in [0.05, 0.1) is 38.2 Å². The summed E-state index contributed by atoms with van der Waals surface area (Å²) in [6.45, 7) is 7.07. The molecule has 3 aromatic rings. The van der Waals surface area contributed by atoms with E-state index in [1.54, 1.807) is 0 Å². The number of aromatic nitrogens is 3. The fourth-order valence-electron chi connectivity index (χ4n) is 4.58. The largest absolute Gasteiger partial charge is 0.380 e. The molecule has 34 heavy (non-hydrogen) atoms. The van der Waals surface area contributed by atoms with Crippen molar-refractivity contribution in [2.45, 2.75) is 12.0 Å². The Hall–Kier alpha value is -3.08. The van der Waals surface area contributed by atoms with E-state index in [1.807, 2.05) is 0 Å². The molecule has 6 rings (SSSR count). The third kappa shape index (κ3) is 4.36. The van der Waals surface area contributed by atoms with E-state index in [9.17, 15) is 8.78 Å². The van der Waals surface area contributed by atoms with E-state index in [4.69, 9.17) is 9.47 Å². The minimum absolute atomic E-state index is 0.272. The number of hydrogen-bond acceptors (Lipinski definition) is 7. The van der Waals surface area contributed by atoms with Crippen LogP contribution in [0, 0.1) is 11.6 Å². The number of hydrogen-bond donors (Lipinski definition) is 1. The zero-order chi connectivity index (χ0) is 23.1. The lowest BCUT2D eigenvalue weighted by molar-refractivity contribution is -0.0660. The lowest BCUT2D eigenvalue weighted by atomic mass is 9.96. The van der Waals surface area contributed by atoms with Gasteiger partial charge in [0.25, 0.3) is 0 Å². The Bertz CT molecular complexity index is 1150. The van der Waals surface area contributed by atoms with Gasteiger partial charge in [0.15, 0.2) is 0 Å². The van der Waals surface area contributed by atoms with Gasteiger partial charge in [0.2, 0.25) is 5.95 Å². The highest BCUT2D eigenvalue weighted by atomic mass is 19.1. The van der Waals surface area contributed by atoms with Crippen LogP contribution in [0.15, 0.2) is 42.7 Å². The molecule has 0 aliphatic carbocycles. The van der Waals surface area contributed by atoms with Crippen LogP contribution in [0.2, 0.25) is 0 Å². The van der Waals surface area contributed by atoms with E-state index in [-0.39, 0.29) is 5.69 Å². The number of anilines is 3. The molecule has 0 radical (unpaired) electrons. The molecule has 1 N–H and O–H groups in total. The number of piperazine rings is 1. The first kappa shape index (κ1) is 21.5. The van der Waals surface area contributed by atoms with Gasteiger partial charge in [-0.25, -0.2) is 13.5 Å². The molecule has 178 valence electrons. The van der Waals surface area contributed by atoms with Crippen molar-refractivity contribution in [1.29, 1.82) is 0 Å². The highest BCUT2D eigenvalue weighted by Crippen LogP contribution is 2.32. The first-order valence-electron chi connectivity index (χ1n) is 11.6. The molecule has 8 nitrogen and oxygen atoms in total. The molecular formula is C24H26F2N6O2. The van der Waals surface area contributed by atoms with E-state index < -0.39 is 11.6 Å². The van der Waals surface area contributed by atoms with Gasteiger partial charge in [-0.1, -0.05) is 0 Å². The van der Waals surface area contributed by atoms with Gasteiger partial charge in [0.1, 0.15) is 18.0 Å². The summed E-state index contributed by atoms with van der Waals surface area (Å²) in [5.74, 6) is -0.600. The Kier molecular flexibility index (Phi) is 5.64. The number of nitrogens with one attached hydrogen (secondary N) is 1. The van der Waals surface area contributed by atoms with Gasteiger partial charge in [-0.05, 0) is 35.9 Å². The SMILES string of the molecule is Fc1cc(F)cc(-n2cnc(Nc3cc(C4COC4)cc(N4CCN(C5COC5)CC4)c3)n2)c1. The molecule has 0 saturated carbocycles. The molecule has 3 saturated heterocycles. The van der Waals surface area contributed by atoms with Crippen LogP contribution < -0.4 is 10.2 Å². The summed E-state index contributed by atoms with van der Waals surface area (Å²) in [5, 5.41) is 7.62. The molecule has 2 aromatic carbocycles. The van der Waals surface area contributed by atoms with Crippen LogP contribution in [0.25, 0.3) is 5.69 Å². The maximum atomic E-state index is 13.6. The van der Waals surface area contributed by atoms with Crippen LogP contribution in [0.5, 0.6) is 0 Å². The molecule has 3 aliphatic heterocycles. The first-order chi connectivity index (χ1) is 16.6. The first-order valence-corrected chi connectivity index (χ1v) is 11.6. The Morgan fingerprint density at radius 1 is 0.824 bits per heavy atom. The van der Waals surface area contributed by atoms with E-state index in [0.717, 1.165) is 70.0 Å². The molecule has 3 fully saturated rings. The predicted octanol–water partition coefficient (Wildman–Crippen LogP) is 2.92. The Balaban J connectivity index is 1.22. The minimum Gasteiger partial charge on any atom is -0.380 e.